The van der Waals surface area contributed by atoms with Crippen molar-refractivity contribution in [2.75, 3.05) is 18.0 Å². The highest BCUT2D eigenvalue weighted by atomic mass is 35.5. The summed E-state index contributed by atoms with van der Waals surface area (Å²) in [5.41, 5.74) is 2.12. The minimum Gasteiger partial charge on any atom is -0.341 e. The maximum absolute atomic E-state index is 5.89. The standard InChI is InChI=1S/C15H16ClN3/c16-14-6-4-12(5-7-14)13-10-17-15(18-11-13)19-8-2-1-3-9-19/h4-7,10-11H,1-3,8-9H2. The number of nitrogens with zero attached hydrogens (tertiary/aromatic N) is 3. The van der Waals surface area contributed by atoms with E-state index in [0.717, 1.165) is 35.2 Å². The molecule has 0 spiro atoms. The lowest BCUT2D eigenvalue weighted by Crippen LogP contribution is -2.30. The minimum absolute atomic E-state index is 0.745. The molecule has 0 amide bonds. The molecule has 1 saturated heterocycles. The van der Waals surface area contributed by atoms with E-state index in [-0.39, 0.29) is 0 Å². The van der Waals surface area contributed by atoms with Crippen LogP contribution in [0.2, 0.25) is 5.02 Å². The third kappa shape index (κ3) is 2.87. The molecule has 2 heterocycles. The first-order valence-electron chi connectivity index (χ1n) is 6.66. The first kappa shape index (κ1) is 12.4. The molecule has 1 fully saturated rings. The zero-order valence-corrected chi connectivity index (χ0v) is 11.5. The van der Waals surface area contributed by atoms with Crippen molar-refractivity contribution in [1.29, 1.82) is 0 Å². The van der Waals surface area contributed by atoms with Gasteiger partial charge in [0.15, 0.2) is 0 Å². The van der Waals surface area contributed by atoms with Gasteiger partial charge in [-0.05, 0) is 37.0 Å². The Morgan fingerprint density at radius 3 is 2.11 bits per heavy atom. The lowest BCUT2D eigenvalue weighted by molar-refractivity contribution is 0.568. The summed E-state index contributed by atoms with van der Waals surface area (Å²) in [5, 5.41) is 0.745. The maximum Gasteiger partial charge on any atom is 0.225 e. The number of halogens is 1. The monoisotopic (exact) mass is 273 g/mol. The van der Waals surface area contributed by atoms with Crippen LogP contribution in [0, 0.1) is 0 Å². The highest BCUT2D eigenvalue weighted by Gasteiger charge is 2.13. The number of piperidine rings is 1. The van der Waals surface area contributed by atoms with Gasteiger partial charge in [0, 0.05) is 36.1 Å². The summed E-state index contributed by atoms with van der Waals surface area (Å²) in [6, 6.07) is 7.74. The van der Waals surface area contributed by atoms with Crippen molar-refractivity contribution in [2.24, 2.45) is 0 Å². The van der Waals surface area contributed by atoms with Gasteiger partial charge in [0.2, 0.25) is 5.95 Å². The molecule has 3 nitrogen and oxygen atoms in total. The Hall–Kier alpha value is -1.61. The highest BCUT2D eigenvalue weighted by molar-refractivity contribution is 6.30. The zero-order chi connectivity index (χ0) is 13.1. The lowest BCUT2D eigenvalue weighted by atomic mass is 10.1. The topological polar surface area (TPSA) is 29.0 Å². The molecular formula is C15H16ClN3. The number of hydrogen-bond donors (Lipinski definition) is 0. The number of aromatic nitrogens is 2. The van der Waals surface area contributed by atoms with Gasteiger partial charge in [0.05, 0.1) is 0 Å². The van der Waals surface area contributed by atoms with E-state index >= 15 is 0 Å². The summed E-state index contributed by atoms with van der Waals surface area (Å²) < 4.78 is 0. The first-order valence-corrected chi connectivity index (χ1v) is 7.04. The van der Waals surface area contributed by atoms with Gasteiger partial charge in [0.25, 0.3) is 0 Å². The van der Waals surface area contributed by atoms with Crippen LogP contribution >= 0.6 is 11.6 Å². The van der Waals surface area contributed by atoms with Crippen LogP contribution in [0.25, 0.3) is 11.1 Å². The summed E-state index contributed by atoms with van der Waals surface area (Å²) in [4.78, 5) is 11.2. The highest BCUT2D eigenvalue weighted by Crippen LogP contribution is 2.22. The second-order valence-corrected chi connectivity index (χ2v) is 5.26. The average Bonchev–Trinajstić information content (AvgIpc) is 2.49. The smallest absolute Gasteiger partial charge is 0.225 e. The molecule has 0 N–H and O–H groups in total. The maximum atomic E-state index is 5.89. The molecule has 1 aromatic carbocycles. The molecule has 0 bridgehead atoms. The van der Waals surface area contributed by atoms with E-state index < -0.39 is 0 Å². The van der Waals surface area contributed by atoms with Crippen molar-refractivity contribution >= 4 is 17.5 Å². The van der Waals surface area contributed by atoms with E-state index in [2.05, 4.69) is 14.9 Å². The van der Waals surface area contributed by atoms with Crippen LogP contribution in [0.4, 0.5) is 5.95 Å². The van der Waals surface area contributed by atoms with Crippen molar-refractivity contribution in [2.45, 2.75) is 19.3 Å². The normalized spacial score (nSPS) is 15.5. The summed E-state index contributed by atoms with van der Waals surface area (Å²) in [6.45, 7) is 2.14. The van der Waals surface area contributed by atoms with Gasteiger partial charge in [-0.25, -0.2) is 9.97 Å². The number of rotatable bonds is 2. The van der Waals surface area contributed by atoms with Crippen molar-refractivity contribution in [3.05, 3.63) is 41.7 Å². The second kappa shape index (κ2) is 5.57. The van der Waals surface area contributed by atoms with Crippen LogP contribution in [0.15, 0.2) is 36.7 Å². The van der Waals surface area contributed by atoms with E-state index in [1.54, 1.807) is 0 Å². The van der Waals surface area contributed by atoms with Gasteiger partial charge in [0.1, 0.15) is 0 Å². The third-order valence-corrected chi connectivity index (χ3v) is 3.71. The summed E-state index contributed by atoms with van der Waals surface area (Å²) >= 11 is 5.89. The average molecular weight is 274 g/mol. The van der Waals surface area contributed by atoms with Crippen LogP contribution in [0.1, 0.15) is 19.3 Å². The van der Waals surface area contributed by atoms with E-state index in [0.29, 0.717) is 0 Å². The number of anilines is 1. The zero-order valence-electron chi connectivity index (χ0n) is 10.7. The van der Waals surface area contributed by atoms with Gasteiger partial charge in [-0.1, -0.05) is 23.7 Å². The molecule has 3 rings (SSSR count). The second-order valence-electron chi connectivity index (χ2n) is 4.83. The van der Waals surface area contributed by atoms with Gasteiger partial charge >= 0.3 is 0 Å². The molecule has 1 aliphatic heterocycles. The van der Waals surface area contributed by atoms with E-state index in [1.807, 2.05) is 36.7 Å². The van der Waals surface area contributed by atoms with Gasteiger partial charge < -0.3 is 4.90 Å². The third-order valence-electron chi connectivity index (χ3n) is 3.45. The Morgan fingerprint density at radius 2 is 1.47 bits per heavy atom. The van der Waals surface area contributed by atoms with Gasteiger partial charge in [-0.15, -0.1) is 0 Å². The van der Waals surface area contributed by atoms with Crippen molar-refractivity contribution in [1.82, 2.24) is 9.97 Å². The number of hydrogen-bond acceptors (Lipinski definition) is 3. The SMILES string of the molecule is Clc1ccc(-c2cnc(N3CCCCC3)nc2)cc1. The van der Waals surface area contributed by atoms with Crippen LogP contribution < -0.4 is 4.90 Å². The van der Waals surface area contributed by atoms with Crippen molar-refractivity contribution in [3.63, 3.8) is 0 Å². The van der Waals surface area contributed by atoms with E-state index in [4.69, 9.17) is 11.6 Å². The van der Waals surface area contributed by atoms with Crippen molar-refractivity contribution in [3.8, 4) is 11.1 Å². The Kier molecular flexibility index (Phi) is 3.65. The molecule has 0 unspecified atom stereocenters. The molecule has 0 aliphatic carbocycles. The fourth-order valence-electron chi connectivity index (χ4n) is 2.37. The lowest BCUT2D eigenvalue weighted by Gasteiger charge is -2.26. The molecule has 0 atom stereocenters. The van der Waals surface area contributed by atoms with Crippen molar-refractivity contribution < 1.29 is 0 Å². The Bertz CT molecular complexity index is 530. The molecule has 0 radical (unpaired) electrons. The molecule has 0 saturated carbocycles. The predicted octanol–water partition coefficient (Wildman–Crippen LogP) is 3.79. The molecule has 4 heteroatoms. The Morgan fingerprint density at radius 1 is 0.842 bits per heavy atom. The summed E-state index contributed by atoms with van der Waals surface area (Å²) in [7, 11) is 0. The Labute approximate surface area is 118 Å². The summed E-state index contributed by atoms with van der Waals surface area (Å²) in [6.07, 6.45) is 7.57. The predicted molar refractivity (Wildman–Crippen MR) is 78.5 cm³/mol. The van der Waals surface area contributed by atoms with Gasteiger partial charge in [-0.3, -0.25) is 0 Å². The minimum atomic E-state index is 0.745. The fraction of sp³-hybridized carbons (Fsp3) is 0.333. The molecule has 1 aromatic heterocycles. The molecule has 19 heavy (non-hydrogen) atoms. The van der Waals surface area contributed by atoms with Crippen LogP contribution in [0.3, 0.4) is 0 Å². The molecule has 98 valence electrons. The van der Waals surface area contributed by atoms with E-state index in [1.165, 1.54) is 19.3 Å². The Balaban J connectivity index is 1.80. The molecule has 1 aliphatic rings. The van der Waals surface area contributed by atoms with Crippen LogP contribution in [-0.2, 0) is 0 Å². The number of benzene rings is 1. The van der Waals surface area contributed by atoms with E-state index in [9.17, 15) is 0 Å². The largest absolute Gasteiger partial charge is 0.341 e. The molecular weight excluding hydrogens is 258 g/mol. The first-order chi connectivity index (χ1) is 9.33. The van der Waals surface area contributed by atoms with Crippen LogP contribution in [-0.4, -0.2) is 23.1 Å². The van der Waals surface area contributed by atoms with Gasteiger partial charge in [-0.2, -0.15) is 0 Å². The molecule has 2 aromatic rings. The summed E-state index contributed by atoms with van der Waals surface area (Å²) in [5.74, 6) is 0.845. The van der Waals surface area contributed by atoms with Crippen LogP contribution in [0.5, 0.6) is 0 Å². The quantitative estimate of drug-likeness (QED) is 0.834. The fourth-order valence-corrected chi connectivity index (χ4v) is 2.50.